The molecule has 5 nitrogen and oxygen atoms in total. The zero-order valence-corrected chi connectivity index (χ0v) is 16.9. The van der Waals surface area contributed by atoms with Gasteiger partial charge in [-0.2, -0.15) is 5.10 Å². The van der Waals surface area contributed by atoms with Gasteiger partial charge in [0.1, 0.15) is 5.75 Å². The largest absolute Gasteiger partial charge is 0.494 e. The Kier molecular flexibility index (Phi) is 4.98. The number of sulfone groups is 1. The normalized spacial score (nSPS) is 19.1. The number of hydrogen-bond acceptors (Lipinski definition) is 5. The maximum Gasteiger partial charge on any atom is 0.175 e. The molecule has 2 aliphatic heterocycles. The minimum atomic E-state index is -3.22. The van der Waals surface area contributed by atoms with Crippen molar-refractivity contribution < 1.29 is 13.2 Å². The van der Waals surface area contributed by atoms with Crippen molar-refractivity contribution in [2.24, 2.45) is 5.10 Å². The topological polar surface area (TPSA) is 59.0 Å². The quantitative estimate of drug-likeness (QED) is 0.772. The van der Waals surface area contributed by atoms with Crippen molar-refractivity contribution in [3.63, 3.8) is 0 Å². The van der Waals surface area contributed by atoms with E-state index >= 15 is 0 Å². The molecular formula is C22H24N2O3S. The Morgan fingerprint density at radius 1 is 1.07 bits per heavy atom. The van der Waals surface area contributed by atoms with Gasteiger partial charge in [0.2, 0.25) is 0 Å². The lowest BCUT2D eigenvalue weighted by molar-refractivity contribution is 0.304. The van der Waals surface area contributed by atoms with Crippen LogP contribution in [0.5, 0.6) is 5.75 Å². The summed E-state index contributed by atoms with van der Waals surface area (Å²) >= 11 is 0. The number of ether oxygens (including phenoxy) is 1. The maximum atomic E-state index is 11.8. The molecule has 2 aromatic carbocycles. The lowest BCUT2D eigenvalue weighted by Crippen LogP contribution is -2.29. The molecule has 146 valence electrons. The third-order valence-corrected chi connectivity index (χ3v) is 6.27. The minimum Gasteiger partial charge on any atom is -0.494 e. The van der Waals surface area contributed by atoms with Crippen LogP contribution in [0.25, 0.3) is 5.57 Å². The predicted molar refractivity (Wildman–Crippen MR) is 111 cm³/mol. The number of nitrogens with zero attached hydrogens (tertiary/aromatic N) is 2. The highest BCUT2D eigenvalue weighted by molar-refractivity contribution is 7.90. The van der Waals surface area contributed by atoms with E-state index in [1.54, 1.807) is 12.1 Å². The van der Waals surface area contributed by atoms with E-state index < -0.39 is 9.84 Å². The average Bonchev–Trinajstić information content (AvgIpc) is 3.15. The van der Waals surface area contributed by atoms with E-state index in [1.807, 2.05) is 31.2 Å². The average molecular weight is 397 g/mol. The molecule has 6 heteroatoms. The van der Waals surface area contributed by atoms with E-state index in [9.17, 15) is 8.42 Å². The van der Waals surface area contributed by atoms with E-state index in [-0.39, 0.29) is 0 Å². The highest BCUT2D eigenvalue weighted by atomic mass is 32.2. The first-order valence-electron chi connectivity index (χ1n) is 9.57. The molecule has 28 heavy (non-hydrogen) atoms. The van der Waals surface area contributed by atoms with Crippen LogP contribution in [0.1, 0.15) is 30.9 Å². The number of fused-ring (bicyclic) bond motifs is 1. The van der Waals surface area contributed by atoms with Gasteiger partial charge in [-0.05, 0) is 49.6 Å². The lowest BCUT2D eigenvalue weighted by Gasteiger charge is -2.27. The minimum absolute atomic E-state index is 0.318. The summed E-state index contributed by atoms with van der Waals surface area (Å²) in [4.78, 5) is 0.318. The molecule has 0 spiro atoms. The maximum absolute atomic E-state index is 11.8. The van der Waals surface area contributed by atoms with E-state index in [4.69, 9.17) is 9.84 Å². The molecule has 0 aromatic heterocycles. The van der Waals surface area contributed by atoms with Crippen LogP contribution in [0.15, 0.2) is 64.6 Å². The van der Waals surface area contributed by atoms with Gasteiger partial charge in [-0.1, -0.05) is 30.3 Å². The molecule has 0 saturated carbocycles. The third-order valence-electron chi connectivity index (χ3n) is 5.14. The molecule has 0 amide bonds. The van der Waals surface area contributed by atoms with Crippen LogP contribution < -0.4 is 4.74 Å². The second kappa shape index (κ2) is 7.43. The van der Waals surface area contributed by atoms with Crippen molar-refractivity contribution in [1.82, 2.24) is 5.01 Å². The summed E-state index contributed by atoms with van der Waals surface area (Å²) in [5.41, 5.74) is 3.96. The van der Waals surface area contributed by atoms with Gasteiger partial charge < -0.3 is 4.74 Å². The molecule has 1 fully saturated rings. The van der Waals surface area contributed by atoms with Gasteiger partial charge in [-0.25, -0.2) is 8.42 Å². The summed E-state index contributed by atoms with van der Waals surface area (Å²) in [7, 11) is -3.22. The number of benzene rings is 2. The van der Waals surface area contributed by atoms with Crippen LogP contribution in [0.4, 0.5) is 0 Å². The first-order valence-corrected chi connectivity index (χ1v) is 11.5. The zero-order valence-electron chi connectivity index (χ0n) is 16.1. The summed E-state index contributed by atoms with van der Waals surface area (Å²) in [5, 5.41) is 7.06. The van der Waals surface area contributed by atoms with Crippen LogP contribution in [0.3, 0.4) is 0 Å². The number of allylic oxidation sites excluding steroid dienone is 1. The summed E-state index contributed by atoms with van der Waals surface area (Å²) in [6.07, 6.45) is 5.74. The van der Waals surface area contributed by atoms with Gasteiger partial charge in [0.15, 0.2) is 9.84 Å². The molecule has 0 radical (unpaired) electrons. The molecule has 4 rings (SSSR count). The van der Waals surface area contributed by atoms with Gasteiger partial charge in [0.25, 0.3) is 0 Å². The molecular weight excluding hydrogens is 372 g/mol. The molecule has 2 heterocycles. The Balaban J connectivity index is 1.73. The Bertz CT molecular complexity index is 1020. The van der Waals surface area contributed by atoms with Crippen molar-refractivity contribution in [3.8, 4) is 5.75 Å². The SMILES string of the molecule is CCOc1ccc(C2=CC3CCCN3N=C2c2ccc(S(C)(=O)=O)cc2)cc1. The van der Waals surface area contributed by atoms with Crippen LogP contribution in [-0.4, -0.2) is 44.6 Å². The Labute approximate surface area is 166 Å². The first-order chi connectivity index (χ1) is 13.5. The van der Waals surface area contributed by atoms with Crippen molar-refractivity contribution in [2.75, 3.05) is 19.4 Å². The fourth-order valence-electron chi connectivity index (χ4n) is 3.73. The Morgan fingerprint density at radius 2 is 1.75 bits per heavy atom. The summed E-state index contributed by atoms with van der Waals surface area (Å²) < 4.78 is 29.1. The highest BCUT2D eigenvalue weighted by Crippen LogP contribution is 2.32. The summed E-state index contributed by atoms with van der Waals surface area (Å²) in [5.74, 6) is 0.848. The van der Waals surface area contributed by atoms with Crippen molar-refractivity contribution in [1.29, 1.82) is 0 Å². The standard InChI is InChI=1S/C22H24N2O3S/c1-3-27-19-10-6-16(7-11-19)21-15-18-5-4-14-24(18)23-22(21)17-8-12-20(13-9-17)28(2,25)26/h6-13,15,18H,3-5,14H2,1-2H3. The number of hydrogen-bond donors (Lipinski definition) is 0. The molecule has 0 bridgehead atoms. The first kappa shape index (κ1) is 18.7. The van der Waals surface area contributed by atoms with E-state index in [0.717, 1.165) is 47.5 Å². The Morgan fingerprint density at radius 3 is 2.39 bits per heavy atom. The van der Waals surface area contributed by atoms with Crippen LogP contribution in [-0.2, 0) is 9.84 Å². The van der Waals surface area contributed by atoms with E-state index in [1.165, 1.54) is 6.26 Å². The fraction of sp³-hybridized carbons (Fsp3) is 0.318. The second-order valence-corrected chi connectivity index (χ2v) is 9.17. The third kappa shape index (κ3) is 3.69. The predicted octanol–water partition coefficient (Wildman–Crippen LogP) is 3.75. The second-order valence-electron chi connectivity index (χ2n) is 7.16. The van der Waals surface area contributed by atoms with Crippen molar-refractivity contribution >= 4 is 21.1 Å². The van der Waals surface area contributed by atoms with Crippen LogP contribution in [0.2, 0.25) is 0 Å². The Hall–Kier alpha value is -2.60. The van der Waals surface area contributed by atoms with Gasteiger partial charge in [-0.3, -0.25) is 5.01 Å². The van der Waals surface area contributed by atoms with Crippen LogP contribution >= 0.6 is 0 Å². The molecule has 2 aromatic rings. The van der Waals surface area contributed by atoms with E-state index in [0.29, 0.717) is 17.5 Å². The molecule has 0 N–H and O–H groups in total. The smallest absolute Gasteiger partial charge is 0.175 e. The van der Waals surface area contributed by atoms with Crippen molar-refractivity contribution in [2.45, 2.75) is 30.7 Å². The van der Waals surface area contributed by atoms with E-state index in [2.05, 4.69) is 23.2 Å². The molecule has 1 unspecified atom stereocenters. The molecule has 0 aliphatic carbocycles. The highest BCUT2D eigenvalue weighted by Gasteiger charge is 2.29. The van der Waals surface area contributed by atoms with Crippen LogP contribution in [0, 0.1) is 0 Å². The summed E-state index contributed by atoms with van der Waals surface area (Å²) in [6.45, 7) is 3.55. The van der Waals surface area contributed by atoms with Crippen molar-refractivity contribution in [3.05, 3.63) is 65.7 Å². The number of hydrazone groups is 1. The zero-order chi connectivity index (χ0) is 19.7. The summed E-state index contributed by atoms with van der Waals surface area (Å²) in [6, 6.07) is 15.4. The number of rotatable bonds is 5. The molecule has 2 aliphatic rings. The van der Waals surface area contributed by atoms with Gasteiger partial charge >= 0.3 is 0 Å². The van der Waals surface area contributed by atoms with Gasteiger partial charge in [0, 0.05) is 23.9 Å². The van der Waals surface area contributed by atoms with Gasteiger partial charge in [-0.15, -0.1) is 0 Å². The molecule has 1 saturated heterocycles. The van der Waals surface area contributed by atoms with Gasteiger partial charge in [0.05, 0.1) is 23.3 Å². The molecule has 1 atom stereocenters. The fourth-order valence-corrected chi connectivity index (χ4v) is 4.36. The monoisotopic (exact) mass is 396 g/mol. The lowest BCUT2D eigenvalue weighted by atomic mass is 9.92.